The van der Waals surface area contributed by atoms with E-state index in [9.17, 15) is 13.2 Å². The predicted octanol–water partition coefficient (Wildman–Crippen LogP) is 1.08. The van der Waals surface area contributed by atoms with Crippen LogP contribution in [0.2, 0.25) is 0 Å². The van der Waals surface area contributed by atoms with Crippen LogP contribution in [0.15, 0.2) is 16.3 Å². The van der Waals surface area contributed by atoms with Crippen LogP contribution in [0.25, 0.3) is 0 Å². The van der Waals surface area contributed by atoms with E-state index < -0.39 is 10.0 Å². The van der Waals surface area contributed by atoms with Gasteiger partial charge in [-0.15, -0.1) is 23.7 Å². The molecule has 1 fully saturated rings. The summed E-state index contributed by atoms with van der Waals surface area (Å²) < 4.78 is 25.8. The molecule has 2 rings (SSSR count). The molecule has 1 amide bonds. The topological polar surface area (TPSA) is 87.3 Å². The Balaban J connectivity index is 0.00000242. The molecule has 1 aromatic heterocycles. The van der Waals surface area contributed by atoms with E-state index in [1.165, 1.54) is 18.4 Å². The van der Waals surface area contributed by atoms with Gasteiger partial charge in [-0.2, -0.15) is 0 Å². The summed E-state index contributed by atoms with van der Waals surface area (Å²) in [6, 6.07) is 3.66. The van der Waals surface area contributed by atoms with Crippen LogP contribution < -0.4 is 15.4 Å². The van der Waals surface area contributed by atoms with Crippen LogP contribution in [0.4, 0.5) is 0 Å². The molecule has 0 unspecified atom stereocenters. The molecule has 0 spiro atoms. The van der Waals surface area contributed by atoms with Gasteiger partial charge in [-0.3, -0.25) is 4.79 Å². The number of carbonyl (C=O) groups excluding carboxylic acids is 1. The fourth-order valence-electron chi connectivity index (χ4n) is 2.39. The van der Waals surface area contributed by atoms with Gasteiger partial charge in [-0.1, -0.05) is 0 Å². The highest BCUT2D eigenvalue weighted by Gasteiger charge is 2.24. The van der Waals surface area contributed by atoms with Crippen molar-refractivity contribution in [3.05, 3.63) is 17.0 Å². The van der Waals surface area contributed by atoms with Crippen molar-refractivity contribution < 1.29 is 13.2 Å². The lowest BCUT2D eigenvalue weighted by atomic mass is 9.92. The smallest absolute Gasteiger partial charge is 0.249 e. The Morgan fingerprint density at radius 1 is 1.45 bits per heavy atom. The summed E-state index contributed by atoms with van der Waals surface area (Å²) in [6.45, 7) is 3.32. The Labute approximate surface area is 141 Å². The van der Waals surface area contributed by atoms with Gasteiger partial charge in [0.15, 0.2) is 0 Å². The number of halogens is 1. The van der Waals surface area contributed by atoms with Gasteiger partial charge in [0.05, 0.1) is 6.54 Å². The van der Waals surface area contributed by atoms with Gasteiger partial charge in [0, 0.05) is 16.8 Å². The highest BCUT2D eigenvalue weighted by Crippen LogP contribution is 2.21. The first-order valence-electron chi connectivity index (χ1n) is 6.95. The Bertz CT molecular complexity index is 603. The molecule has 0 saturated carbocycles. The first-order valence-corrected chi connectivity index (χ1v) is 9.25. The average molecular weight is 368 g/mol. The summed E-state index contributed by atoms with van der Waals surface area (Å²) >= 11 is 1.18. The van der Waals surface area contributed by atoms with E-state index in [0.717, 1.165) is 24.3 Å². The molecule has 1 aromatic rings. The van der Waals surface area contributed by atoms with Gasteiger partial charge in [0.25, 0.3) is 0 Å². The van der Waals surface area contributed by atoms with Crippen molar-refractivity contribution in [1.82, 2.24) is 15.4 Å². The van der Waals surface area contributed by atoms with E-state index in [4.69, 9.17) is 0 Å². The number of sulfonamides is 1. The highest BCUT2D eigenvalue weighted by molar-refractivity contribution is 7.91. The zero-order chi connectivity index (χ0) is 15.5. The standard InChI is InChI=1S/C13H21N3O3S2.ClH/c1-9-7-10(5-6-15-9)13(17)16-8-11-3-4-12(20-11)21(18,19)14-2;/h3-4,9-10,14-15H,5-8H2,1-2H3,(H,16,17);1H/t9-,10-;/m0./s1. The minimum atomic E-state index is -3.40. The second-order valence-electron chi connectivity index (χ2n) is 5.22. The van der Waals surface area contributed by atoms with E-state index in [-0.39, 0.29) is 28.4 Å². The van der Waals surface area contributed by atoms with E-state index in [1.807, 2.05) is 0 Å². The molecular weight excluding hydrogens is 346 g/mol. The maximum atomic E-state index is 12.1. The van der Waals surface area contributed by atoms with Crippen molar-refractivity contribution in [1.29, 1.82) is 0 Å². The third-order valence-corrected chi connectivity index (χ3v) is 6.59. The third-order valence-electron chi connectivity index (χ3n) is 3.60. The molecule has 0 aromatic carbocycles. The van der Waals surface area contributed by atoms with Crippen LogP contribution in [-0.2, 0) is 21.4 Å². The van der Waals surface area contributed by atoms with Crippen molar-refractivity contribution in [2.45, 2.75) is 36.6 Å². The number of amides is 1. The number of hydrogen-bond donors (Lipinski definition) is 3. The van der Waals surface area contributed by atoms with E-state index in [1.54, 1.807) is 12.1 Å². The molecule has 126 valence electrons. The van der Waals surface area contributed by atoms with Gasteiger partial charge < -0.3 is 10.6 Å². The van der Waals surface area contributed by atoms with Crippen LogP contribution >= 0.6 is 23.7 Å². The van der Waals surface area contributed by atoms with E-state index >= 15 is 0 Å². The SMILES string of the molecule is CNS(=O)(=O)c1ccc(CNC(=O)[C@H]2CCN[C@@H](C)C2)s1.Cl. The molecule has 2 atom stereocenters. The molecular formula is C13H22ClN3O3S2. The van der Waals surface area contributed by atoms with Gasteiger partial charge in [-0.25, -0.2) is 13.1 Å². The monoisotopic (exact) mass is 367 g/mol. The number of hydrogen-bond acceptors (Lipinski definition) is 5. The molecule has 6 nitrogen and oxygen atoms in total. The molecule has 0 aliphatic carbocycles. The Kier molecular flexibility index (Phi) is 7.27. The van der Waals surface area contributed by atoms with Crippen LogP contribution in [0.1, 0.15) is 24.6 Å². The van der Waals surface area contributed by atoms with E-state index in [2.05, 4.69) is 22.3 Å². The van der Waals surface area contributed by atoms with Crippen LogP contribution in [0.3, 0.4) is 0 Å². The number of nitrogens with one attached hydrogen (secondary N) is 3. The molecule has 0 radical (unpaired) electrons. The Hall–Kier alpha value is -0.670. The molecule has 22 heavy (non-hydrogen) atoms. The molecule has 0 bridgehead atoms. The number of thiophene rings is 1. The van der Waals surface area contributed by atoms with Gasteiger partial charge in [0.1, 0.15) is 4.21 Å². The molecule has 1 aliphatic heterocycles. The third kappa shape index (κ3) is 4.92. The minimum absolute atomic E-state index is 0. The lowest BCUT2D eigenvalue weighted by Crippen LogP contribution is -2.42. The second-order valence-corrected chi connectivity index (χ2v) is 8.50. The average Bonchev–Trinajstić information content (AvgIpc) is 2.94. The quantitative estimate of drug-likeness (QED) is 0.726. The molecule has 1 saturated heterocycles. The molecule has 2 heterocycles. The maximum absolute atomic E-state index is 12.1. The van der Waals surface area contributed by atoms with Gasteiger partial charge >= 0.3 is 0 Å². The van der Waals surface area contributed by atoms with Crippen molar-refractivity contribution in [3.8, 4) is 0 Å². The molecule has 3 N–H and O–H groups in total. The Morgan fingerprint density at radius 2 is 2.18 bits per heavy atom. The first kappa shape index (κ1) is 19.4. The maximum Gasteiger partial charge on any atom is 0.249 e. The van der Waals surface area contributed by atoms with Crippen molar-refractivity contribution >= 4 is 39.7 Å². The van der Waals surface area contributed by atoms with Gasteiger partial charge in [-0.05, 0) is 45.5 Å². The summed E-state index contributed by atoms with van der Waals surface area (Å²) in [6.07, 6.45) is 1.69. The fourth-order valence-corrected chi connectivity index (χ4v) is 4.52. The van der Waals surface area contributed by atoms with Crippen LogP contribution in [0, 0.1) is 5.92 Å². The van der Waals surface area contributed by atoms with Crippen LogP contribution in [-0.4, -0.2) is 34.0 Å². The normalized spacial score (nSPS) is 21.9. The van der Waals surface area contributed by atoms with E-state index in [0.29, 0.717) is 12.6 Å². The first-order chi connectivity index (χ1) is 9.92. The lowest BCUT2D eigenvalue weighted by Gasteiger charge is -2.27. The summed E-state index contributed by atoms with van der Waals surface area (Å²) in [4.78, 5) is 12.9. The number of piperidine rings is 1. The second kappa shape index (κ2) is 8.26. The summed E-state index contributed by atoms with van der Waals surface area (Å²) in [7, 11) is -2.01. The van der Waals surface area contributed by atoms with Crippen molar-refractivity contribution in [3.63, 3.8) is 0 Å². The largest absolute Gasteiger partial charge is 0.351 e. The van der Waals surface area contributed by atoms with Crippen molar-refractivity contribution in [2.24, 2.45) is 5.92 Å². The molecule has 9 heteroatoms. The summed E-state index contributed by atoms with van der Waals surface area (Å²) in [5.41, 5.74) is 0. The lowest BCUT2D eigenvalue weighted by molar-refractivity contribution is -0.126. The van der Waals surface area contributed by atoms with Crippen LogP contribution in [0.5, 0.6) is 0 Å². The predicted molar refractivity (Wildman–Crippen MR) is 89.8 cm³/mol. The fraction of sp³-hybridized carbons (Fsp3) is 0.615. The number of carbonyl (C=O) groups is 1. The zero-order valence-corrected chi connectivity index (χ0v) is 15.0. The van der Waals surface area contributed by atoms with Gasteiger partial charge in [0.2, 0.25) is 15.9 Å². The Morgan fingerprint density at radius 3 is 2.82 bits per heavy atom. The van der Waals surface area contributed by atoms with Crippen molar-refractivity contribution in [2.75, 3.05) is 13.6 Å². The summed E-state index contributed by atoms with van der Waals surface area (Å²) in [5, 5.41) is 6.22. The summed E-state index contributed by atoms with van der Waals surface area (Å²) in [5.74, 6) is 0.0940. The molecule has 1 aliphatic rings. The minimum Gasteiger partial charge on any atom is -0.351 e. The number of rotatable bonds is 5. The zero-order valence-electron chi connectivity index (χ0n) is 12.6. The highest BCUT2D eigenvalue weighted by atomic mass is 35.5.